The van der Waals surface area contributed by atoms with Crippen LogP contribution in [0, 0.1) is 6.92 Å². The van der Waals surface area contributed by atoms with Crippen LogP contribution in [0.1, 0.15) is 11.7 Å². The maximum atomic E-state index is 5.40. The number of hydrogen-bond donors (Lipinski definition) is 3. The SMILES string of the molecule is Cc1nc(CCNc2nc(NN)nc3ccccc23)no1. The lowest BCUT2D eigenvalue weighted by Gasteiger charge is -2.09. The molecule has 0 amide bonds. The van der Waals surface area contributed by atoms with E-state index in [-0.39, 0.29) is 0 Å². The normalized spacial score (nSPS) is 10.8. The van der Waals surface area contributed by atoms with Crippen LogP contribution >= 0.6 is 0 Å². The zero-order chi connectivity index (χ0) is 14.7. The van der Waals surface area contributed by atoms with Gasteiger partial charge in [-0.15, -0.1) is 0 Å². The van der Waals surface area contributed by atoms with Crippen molar-refractivity contribution in [2.24, 2.45) is 5.84 Å². The number of nitrogens with two attached hydrogens (primary N) is 1. The molecular weight excluding hydrogens is 270 g/mol. The summed E-state index contributed by atoms with van der Waals surface area (Å²) < 4.78 is 4.93. The fourth-order valence-electron chi connectivity index (χ4n) is 2.01. The molecule has 3 rings (SSSR count). The summed E-state index contributed by atoms with van der Waals surface area (Å²) in [6.45, 7) is 2.39. The lowest BCUT2D eigenvalue weighted by Crippen LogP contribution is -2.13. The number of hydrazine groups is 1. The van der Waals surface area contributed by atoms with Crippen molar-refractivity contribution in [3.05, 3.63) is 36.0 Å². The van der Waals surface area contributed by atoms with Gasteiger partial charge < -0.3 is 9.84 Å². The highest BCUT2D eigenvalue weighted by atomic mass is 16.5. The van der Waals surface area contributed by atoms with Crippen LogP contribution in [0.4, 0.5) is 11.8 Å². The van der Waals surface area contributed by atoms with Crippen LogP contribution in [-0.4, -0.2) is 26.7 Å². The molecule has 2 heterocycles. The van der Waals surface area contributed by atoms with Crippen molar-refractivity contribution in [3.63, 3.8) is 0 Å². The number of rotatable bonds is 5. The van der Waals surface area contributed by atoms with E-state index in [1.807, 2.05) is 24.3 Å². The zero-order valence-corrected chi connectivity index (χ0v) is 11.5. The van der Waals surface area contributed by atoms with Crippen molar-refractivity contribution in [1.82, 2.24) is 20.1 Å². The number of fused-ring (bicyclic) bond motifs is 1. The smallest absolute Gasteiger partial charge is 0.239 e. The quantitative estimate of drug-likeness (QED) is 0.474. The first-order valence-corrected chi connectivity index (χ1v) is 6.53. The fourth-order valence-corrected chi connectivity index (χ4v) is 2.01. The topological polar surface area (TPSA) is 115 Å². The van der Waals surface area contributed by atoms with Gasteiger partial charge in [0.1, 0.15) is 5.82 Å². The van der Waals surface area contributed by atoms with E-state index in [1.54, 1.807) is 6.92 Å². The molecule has 0 aliphatic heterocycles. The molecule has 0 saturated carbocycles. The Balaban J connectivity index is 1.79. The second-order valence-corrected chi connectivity index (χ2v) is 4.46. The van der Waals surface area contributed by atoms with E-state index in [2.05, 4.69) is 30.9 Å². The molecule has 21 heavy (non-hydrogen) atoms. The number of anilines is 2. The highest BCUT2D eigenvalue weighted by molar-refractivity contribution is 5.89. The molecule has 4 N–H and O–H groups in total. The van der Waals surface area contributed by atoms with Crippen molar-refractivity contribution >= 4 is 22.7 Å². The lowest BCUT2D eigenvalue weighted by atomic mass is 10.2. The summed E-state index contributed by atoms with van der Waals surface area (Å²) in [6.07, 6.45) is 0.640. The number of benzene rings is 1. The average molecular weight is 285 g/mol. The molecule has 2 aromatic heterocycles. The minimum atomic E-state index is 0.367. The summed E-state index contributed by atoms with van der Waals surface area (Å²) in [5, 5.41) is 8.03. The Bertz CT molecular complexity index is 755. The average Bonchev–Trinajstić information content (AvgIpc) is 2.92. The van der Waals surface area contributed by atoms with Crippen molar-refractivity contribution in [2.75, 3.05) is 17.3 Å². The minimum absolute atomic E-state index is 0.367. The Morgan fingerprint density at radius 1 is 1.19 bits per heavy atom. The second-order valence-electron chi connectivity index (χ2n) is 4.46. The van der Waals surface area contributed by atoms with E-state index >= 15 is 0 Å². The van der Waals surface area contributed by atoms with Gasteiger partial charge in [-0.05, 0) is 12.1 Å². The number of nitrogens with one attached hydrogen (secondary N) is 2. The van der Waals surface area contributed by atoms with Gasteiger partial charge in [0.15, 0.2) is 5.82 Å². The van der Waals surface area contributed by atoms with E-state index in [0.717, 1.165) is 10.9 Å². The van der Waals surface area contributed by atoms with E-state index in [4.69, 9.17) is 10.4 Å². The molecule has 0 aliphatic carbocycles. The Hall–Kier alpha value is -2.74. The monoisotopic (exact) mass is 285 g/mol. The zero-order valence-electron chi connectivity index (χ0n) is 11.5. The van der Waals surface area contributed by atoms with Crippen molar-refractivity contribution in [3.8, 4) is 0 Å². The standard InChI is InChI=1S/C13H15N7O/c1-8-16-11(20-21-8)6-7-15-12-9-4-2-3-5-10(9)17-13(18-12)19-14/h2-5H,6-7,14H2,1H3,(H2,15,17,18,19). The molecule has 8 nitrogen and oxygen atoms in total. The van der Waals surface area contributed by atoms with Crippen LogP contribution in [0.25, 0.3) is 10.9 Å². The molecule has 0 unspecified atom stereocenters. The number of nitrogen functional groups attached to an aromatic ring is 1. The highest BCUT2D eigenvalue weighted by Crippen LogP contribution is 2.21. The molecule has 0 radical (unpaired) electrons. The summed E-state index contributed by atoms with van der Waals surface area (Å²) in [6, 6.07) is 7.72. The molecule has 8 heteroatoms. The number of aromatic nitrogens is 4. The summed E-state index contributed by atoms with van der Waals surface area (Å²) in [5.41, 5.74) is 3.29. The maximum absolute atomic E-state index is 5.40. The van der Waals surface area contributed by atoms with Gasteiger partial charge >= 0.3 is 0 Å². The summed E-state index contributed by atoms with van der Waals surface area (Å²) >= 11 is 0. The van der Waals surface area contributed by atoms with Gasteiger partial charge in [0.25, 0.3) is 0 Å². The van der Waals surface area contributed by atoms with Gasteiger partial charge in [0.05, 0.1) is 5.52 Å². The van der Waals surface area contributed by atoms with Crippen LogP contribution in [0.15, 0.2) is 28.8 Å². The third kappa shape index (κ3) is 2.90. The lowest BCUT2D eigenvalue weighted by molar-refractivity contribution is 0.387. The highest BCUT2D eigenvalue weighted by Gasteiger charge is 2.07. The van der Waals surface area contributed by atoms with E-state index in [9.17, 15) is 0 Å². The van der Waals surface area contributed by atoms with Crippen molar-refractivity contribution in [2.45, 2.75) is 13.3 Å². The third-order valence-corrected chi connectivity index (χ3v) is 2.94. The van der Waals surface area contributed by atoms with E-state index < -0.39 is 0 Å². The molecule has 0 saturated heterocycles. The summed E-state index contributed by atoms with van der Waals surface area (Å²) in [7, 11) is 0. The van der Waals surface area contributed by atoms with Gasteiger partial charge in [0, 0.05) is 25.3 Å². The summed E-state index contributed by atoms with van der Waals surface area (Å²) in [4.78, 5) is 12.8. The minimum Gasteiger partial charge on any atom is -0.369 e. The summed E-state index contributed by atoms with van der Waals surface area (Å²) in [5.74, 6) is 7.71. The molecular formula is C13H15N7O. The predicted molar refractivity (Wildman–Crippen MR) is 78.6 cm³/mol. The Kier molecular flexibility index (Phi) is 3.61. The van der Waals surface area contributed by atoms with Gasteiger partial charge in [-0.3, -0.25) is 5.43 Å². The molecule has 108 valence electrons. The first-order valence-electron chi connectivity index (χ1n) is 6.53. The molecule has 3 aromatic rings. The number of para-hydroxylation sites is 1. The van der Waals surface area contributed by atoms with E-state index in [1.165, 1.54) is 0 Å². The Morgan fingerprint density at radius 3 is 2.81 bits per heavy atom. The first-order chi connectivity index (χ1) is 10.3. The van der Waals surface area contributed by atoms with E-state index in [0.29, 0.717) is 36.4 Å². The van der Waals surface area contributed by atoms with Gasteiger partial charge in [-0.2, -0.15) is 9.97 Å². The van der Waals surface area contributed by atoms with Gasteiger partial charge in [0.2, 0.25) is 11.8 Å². The fraction of sp³-hybridized carbons (Fsp3) is 0.231. The Morgan fingerprint density at radius 2 is 2.05 bits per heavy atom. The third-order valence-electron chi connectivity index (χ3n) is 2.94. The van der Waals surface area contributed by atoms with Crippen LogP contribution < -0.4 is 16.6 Å². The van der Waals surface area contributed by atoms with Crippen LogP contribution in [0.2, 0.25) is 0 Å². The van der Waals surface area contributed by atoms with Crippen molar-refractivity contribution in [1.29, 1.82) is 0 Å². The molecule has 0 bridgehead atoms. The number of nitrogens with zero attached hydrogens (tertiary/aromatic N) is 4. The first kappa shape index (κ1) is 13.3. The second kappa shape index (κ2) is 5.71. The Labute approximate surface area is 120 Å². The van der Waals surface area contributed by atoms with Crippen LogP contribution in [0.5, 0.6) is 0 Å². The molecule has 0 fully saturated rings. The van der Waals surface area contributed by atoms with Crippen LogP contribution in [-0.2, 0) is 6.42 Å². The maximum Gasteiger partial charge on any atom is 0.239 e. The number of hydrogen-bond acceptors (Lipinski definition) is 8. The molecule has 0 aliphatic rings. The molecule has 1 aromatic carbocycles. The van der Waals surface area contributed by atoms with Crippen molar-refractivity contribution < 1.29 is 4.52 Å². The van der Waals surface area contributed by atoms with Gasteiger partial charge in [-0.25, -0.2) is 10.8 Å². The molecule has 0 spiro atoms. The van der Waals surface area contributed by atoms with Crippen LogP contribution in [0.3, 0.4) is 0 Å². The number of aryl methyl sites for hydroxylation is 1. The molecule has 0 atom stereocenters. The van der Waals surface area contributed by atoms with Gasteiger partial charge in [-0.1, -0.05) is 17.3 Å². The largest absolute Gasteiger partial charge is 0.369 e. The predicted octanol–water partition coefficient (Wildman–Crippen LogP) is 1.26.